The summed E-state index contributed by atoms with van der Waals surface area (Å²) in [5.74, 6) is -2.98. The second kappa shape index (κ2) is 13.4. The molecule has 1 rings (SSSR count). The minimum atomic E-state index is -1.00. The lowest BCUT2D eigenvalue weighted by molar-refractivity contribution is -0.140. The molecule has 5 N–H and O–H groups in total. The van der Waals surface area contributed by atoms with Crippen LogP contribution < -0.4 is 0 Å². The van der Waals surface area contributed by atoms with Crippen LogP contribution in [0, 0.1) is 0 Å². The average Bonchev–Trinajstić information content (AvgIpc) is 2.62. The van der Waals surface area contributed by atoms with Crippen LogP contribution in [0.1, 0.15) is 0 Å². The maximum absolute atomic E-state index is 11.2. The van der Waals surface area contributed by atoms with Gasteiger partial charge in [-0.05, 0) is 0 Å². The van der Waals surface area contributed by atoms with Crippen LogP contribution in [-0.4, -0.2) is 154 Å². The summed E-state index contributed by atoms with van der Waals surface area (Å²) >= 11 is 0. The number of hydrogen-bond acceptors (Lipinski definition) is 9. The topological polar surface area (TPSA) is 165 Å². The summed E-state index contributed by atoms with van der Waals surface area (Å²) in [4.78, 5) is 40.4. The van der Waals surface area contributed by atoms with Crippen molar-refractivity contribution < 1.29 is 39.9 Å². The van der Waals surface area contributed by atoms with E-state index in [1.54, 1.807) is 14.7 Å². The second-order valence-corrected chi connectivity index (χ2v) is 7.15. The Hall–Kier alpha value is -1.83. The van der Waals surface area contributed by atoms with Crippen LogP contribution in [0.3, 0.4) is 0 Å². The summed E-state index contributed by atoms with van der Waals surface area (Å²) in [6.45, 7) is 2.13. The molecule has 0 aliphatic carbocycles. The molecular formula is C17H32N4O8. The van der Waals surface area contributed by atoms with E-state index in [0.717, 1.165) is 0 Å². The predicted octanol–water partition coefficient (Wildman–Crippen LogP) is -3.18. The Balaban J connectivity index is 2.91. The highest BCUT2D eigenvalue weighted by Crippen LogP contribution is 2.02. The van der Waals surface area contributed by atoms with Gasteiger partial charge in [-0.2, -0.15) is 0 Å². The maximum atomic E-state index is 11.2. The Morgan fingerprint density at radius 1 is 0.621 bits per heavy atom. The summed E-state index contributed by atoms with van der Waals surface area (Å²) in [6, 6.07) is 0. The molecule has 0 radical (unpaired) electrons. The summed E-state index contributed by atoms with van der Waals surface area (Å²) in [5.41, 5.74) is 0. The van der Waals surface area contributed by atoms with E-state index in [9.17, 15) is 19.5 Å². The largest absolute Gasteiger partial charge is 0.480 e. The number of aliphatic hydroxyl groups excluding tert-OH is 2. The third-order valence-corrected chi connectivity index (χ3v) is 4.69. The number of aliphatic hydroxyl groups is 2. The van der Waals surface area contributed by atoms with Gasteiger partial charge in [0.1, 0.15) is 0 Å². The Kier molecular flexibility index (Phi) is 11.7. The van der Waals surface area contributed by atoms with Gasteiger partial charge in [-0.25, -0.2) is 0 Å². The van der Waals surface area contributed by atoms with Gasteiger partial charge in [-0.1, -0.05) is 0 Å². The summed E-state index contributed by atoms with van der Waals surface area (Å²) < 4.78 is 0. The third kappa shape index (κ3) is 11.7. The van der Waals surface area contributed by atoms with Crippen molar-refractivity contribution in [2.75, 3.05) is 85.1 Å². The van der Waals surface area contributed by atoms with Crippen LogP contribution in [0.15, 0.2) is 0 Å². The molecule has 0 spiro atoms. The monoisotopic (exact) mass is 420 g/mol. The van der Waals surface area contributed by atoms with Gasteiger partial charge in [0.2, 0.25) is 0 Å². The van der Waals surface area contributed by atoms with Crippen molar-refractivity contribution in [3.63, 3.8) is 0 Å². The van der Waals surface area contributed by atoms with Crippen LogP contribution in [0.4, 0.5) is 0 Å². The zero-order valence-corrected chi connectivity index (χ0v) is 16.5. The fourth-order valence-corrected chi connectivity index (χ4v) is 3.17. The van der Waals surface area contributed by atoms with E-state index in [-0.39, 0.29) is 26.2 Å². The maximum Gasteiger partial charge on any atom is 0.317 e. The molecule has 1 unspecified atom stereocenters. The molecule has 0 aromatic rings. The van der Waals surface area contributed by atoms with Crippen LogP contribution >= 0.6 is 0 Å². The van der Waals surface area contributed by atoms with Crippen LogP contribution in [-0.2, 0) is 14.4 Å². The number of rotatable bonds is 9. The summed E-state index contributed by atoms with van der Waals surface area (Å²) in [7, 11) is 0. The minimum Gasteiger partial charge on any atom is -0.480 e. The lowest BCUT2D eigenvalue weighted by atomic mass is 10.3. The van der Waals surface area contributed by atoms with Crippen LogP contribution in [0.2, 0.25) is 0 Å². The molecule has 0 amide bonds. The number of carboxylic acid groups (broad SMARTS) is 3. The van der Waals surface area contributed by atoms with Crippen molar-refractivity contribution >= 4 is 17.9 Å². The predicted molar refractivity (Wildman–Crippen MR) is 102 cm³/mol. The normalized spacial score (nSPS) is 20.5. The van der Waals surface area contributed by atoms with E-state index >= 15 is 0 Å². The third-order valence-electron chi connectivity index (χ3n) is 4.69. The van der Waals surface area contributed by atoms with Gasteiger partial charge in [0.25, 0.3) is 0 Å². The van der Waals surface area contributed by atoms with Crippen molar-refractivity contribution in [2.45, 2.75) is 6.10 Å². The minimum absolute atomic E-state index is 0.184. The van der Waals surface area contributed by atoms with Gasteiger partial charge in [0.05, 0.1) is 32.3 Å². The zero-order valence-electron chi connectivity index (χ0n) is 16.5. The summed E-state index contributed by atoms with van der Waals surface area (Å²) in [6.07, 6.45) is -0.949. The molecule has 0 saturated carbocycles. The first-order valence-corrected chi connectivity index (χ1v) is 9.53. The van der Waals surface area contributed by atoms with Crippen molar-refractivity contribution in [1.82, 2.24) is 19.6 Å². The van der Waals surface area contributed by atoms with E-state index < -0.39 is 30.6 Å². The van der Waals surface area contributed by atoms with E-state index in [4.69, 9.17) is 20.4 Å². The Morgan fingerprint density at radius 3 is 1.14 bits per heavy atom. The van der Waals surface area contributed by atoms with E-state index in [1.807, 2.05) is 4.90 Å². The molecule has 1 atom stereocenters. The lowest BCUT2D eigenvalue weighted by Crippen LogP contribution is -2.49. The van der Waals surface area contributed by atoms with Gasteiger partial charge in [-0.15, -0.1) is 0 Å². The first-order valence-electron chi connectivity index (χ1n) is 9.53. The molecular weight excluding hydrogens is 388 g/mol. The lowest BCUT2D eigenvalue weighted by Gasteiger charge is -2.33. The molecule has 0 bridgehead atoms. The molecule has 0 aromatic carbocycles. The highest BCUT2D eigenvalue weighted by atomic mass is 16.4. The zero-order chi connectivity index (χ0) is 21.8. The number of carbonyl (C=O) groups is 3. The fourth-order valence-electron chi connectivity index (χ4n) is 3.17. The SMILES string of the molecule is O=C(O)CN1CCN(CC(=O)O)CCN(CC(O)CO)CCN(CC(=O)O)CC1. The highest BCUT2D eigenvalue weighted by molar-refractivity contribution is 5.69. The Labute approximate surface area is 169 Å². The highest BCUT2D eigenvalue weighted by Gasteiger charge is 2.20. The number of hydrogen-bond donors (Lipinski definition) is 5. The van der Waals surface area contributed by atoms with Crippen LogP contribution in [0.5, 0.6) is 0 Å². The van der Waals surface area contributed by atoms with E-state index in [2.05, 4.69) is 0 Å². The van der Waals surface area contributed by atoms with Gasteiger partial charge >= 0.3 is 17.9 Å². The van der Waals surface area contributed by atoms with Crippen molar-refractivity contribution in [2.24, 2.45) is 0 Å². The van der Waals surface area contributed by atoms with Gasteiger partial charge < -0.3 is 25.5 Å². The first kappa shape index (κ1) is 25.2. The molecule has 1 heterocycles. The standard InChI is InChI=1S/C17H32N4O8/c22-13-14(23)9-18-1-3-19(10-15(24)25)5-7-21(12-17(28)29)8-6-20(4-2-18)11-16(26)27/h14,22-23H,1-13H2,(H,24,25)(H,26,27)(H,28,29). The van der Waals surface area contributed by atoms with Gasteiger partial charge in [0, 0.05) is 58.9 Å². The molecule has 12 heteroatoms. The number of nitrogens with zero attached hydrogens (tertiary/aromatic N) is 4. The van der Waals surface area contributed by atoms with E-state index in [1.165, 1.54) is 0 Å². The number of carboxylic acids is 3. The smallest absolute Gasteiger partial charge is 0.317 e. The number of β-amino-alcohol motifs (C(OH)–C–C–N with tert-alkyl or cyclic N) is 1. The second-order valence-electron chi connectivity index (χ2n) is 7.15. The Bertz CT molecular complexity index is 504. The molecule has 1 fully saturated rings. The molecule has 1 aliphatic rings. The van der Waals surface area contributed by atoms with Crippen molar-refractivity contribution in [1.29, 1.82) is 0 Å². The Morgan fingerprint density at radius 2 is 0.897 bits per heavy atom. The van der Waals surface area contributed by atoms with Crippen molar-refractivity contribution in [3.8, 4) is 0 Å². The number of aliphatic carboxylic acids is 3. The quantitative estimate of drug-likeness (QED) is 0.254. The molecule has 29 heavy (non-hydrogen) atoms. The first-order chi connectivity index (χ1) is 13.7. The molecule has 1 saturated heterocycles. The summed E-state index contributed by atoms with van der Waals surface area (Å²) in [5, 5.41) is 46.3. The average molecular weight is 420 g/mol. The molecule has 168 valence electrons. The van der Waals surface area contributed by atoms with Crippen LogP contribution in [0.25, 0.3) is 0 Å². The van der Waals surface area contributed by atoms with Crippen molar-refractivity contribution in [3.05, 3.63) is 0 Å². The molecule has 1 aliphatic heterocycles. The fraction of sp³-hybridized carbons (Fsp3) is 0.824. The van der Waals surface area contributed by atoms with Gasteiger partial charge in [0.15, 0.2) is 0 Å². The molecule has 0 aromatic heterocycles. The molecule has 12 nitrogen and oxygen atoms in total. The van der Waals surface area contributed by atoms with E-state index in [0.29, 0.717) is 52.4 Å². The van der Waals surface area contributed by atoms with Gasteiger partial charge in [-0.3, -0.25) is 34.0 Å².